The summed E-state index contributed by atoms with van der Waals surface area (Å²) in [5.74, 6) is -0.265. The molecule has 4 heteroatoms. The highest BCUT2D eigenvalue weighted by atomic mass is 16.3. The topological polar surface area (TPSA) is 62.2 Å². The Bertz CT molecular complexity index is 568. The molecule has 2 N–H and O–H groups in total. The van der Waals surface area contributed by atoms with Gasteiger partial charge in [-0.2, -0.15) is 0 Å². The molecule has 1 heterocycles. The van der Waals surface area contributed by atoms with E-state index in [1.54, 1.807) is 12.3 Å². The van der Waals surface area contributed by atoms with Crippen LogP contribution in [0.1, 0.15) is 17.3 Å². The minimum Gasteiger partial charge on any atom is -0.394 e. The van der Waals surface area contributed by atoms with Gasteiger partial charge >= 0.3 is 0 Å². The summed E-state index contributed by atoms with van der Waals surface area (Å²) in [4.78, 5) is 15.9. The van der Waals surface area contributed by atoms with Gasteiger partial charge < -0.3 is 10.4 Å². The Kier molecular flexibility index (Phi) is 5.03. The van der Waals surface area contributed by atoms with Crippen molar-refractivity contribution < 1.29 is 9.90 Å². The maximum absolute atomic E-state index is 11.8. The number of rotatable bonds is 5. The van der Waals surface area contributed by atoms with Gasteiger partial charge in [-0.15, -0.1) is 0 Å². The van der Waals surface area contributed by atoms with Crippen molar-refractivity contribution in [2.75, 3.05) is 6.61 Å². The molecule has 102 valence electrons. The van der Waals surface area contributed by atoms with Crippen LogP contribution < -0.4 is 5.32 Å². The Morgan fingerprint density at radius 1 is 1.20 bits per heavy atom. The Labute approximate surface area is 117 Å². The number of nitrogens with zero attached hydrogens (tertiary/aromatic N) is 1. The number of hydrogen-bond donors (Lipinski definition) is 2. The van der Waals surface area contributed by atoms with Crippen molar-refractivity contribution in [3.8, 4) is 0 Å². The lowest BCUT2D eigenvalue weighted by molar-refractivity contribution is -0.117. The molecule has 0 fully saturated rings. The van der Waals surface area contributed by atoms with Gasteiger partial charge in [-0.25, -0.2) is 0 Å². The lowest BCUT2D eigenvalue weighted by Crippen LogP contribution is -2.29. The van der Waals surface area contributed by atoms with E-state index in [0.29, 0.717) is 5.69 Å². The van der Waals surface area contributed by atoms with Crippen LogP contribution in [0.3, 0.4) is 0 Å². The highest BCUT2D eigenvalue weighted by Gasteiger charge is 2.11. The molecule has 2 rings (SSSR count). The third-order valence-electron chi connectivity index (χ3n) is 2.79. The van der Waals surface area contributed by atoms with Crippen LogP contribution in [0.25, 0.3) is 6.08 Å². The standard InChI is InChI=1S/C16H16N2O2/c19-12-15(13-6-2-1-3-7-13)18-16(20)10-9-14-8-4-5-11-17-14/h1-11,15,19H,12H2,(H,18,20)/b10-9+. The molecule has 0 saturated carbocycles. The van der Waals surface area contributed by atoms with Gasteiger partial charge in [0.25, 0.3) is 0 Å². The predicted octanol–water partition coefficient (Wildman–Crippen LogP) is 1.94. The van der Waals surface area contributed by atoms with E-state index in [1.165, 1.54) is 6.08 Å². The van der Waals surface area contributed by atoms with E-state index in [4.69, 9.17) is 0 Å². The first-order valence-corrected chi connectivity index (χ1v) is 6.35. The molecule has 0 aliphatic heterocycles. The molecular weight excluding hydrogens is 252 g/mol. The average Bonchev–Trinajstić information content (AvgIpc) is 2.52. The first kappa shape index (κ1) is 14.0. The second kappa shape index (κ2) is 7.21. The summed E-state index contributed by atoms with van der Waals surface area (Å²) in [5.41, 5.74) is 1.58. The first-order valence-electron chi connectivity index (χ1n) is 6.35. The number of nitrogens with one attached hydrogen (secondary N) is 1. The van der Waals surface area contributed by atoms with E-state index in [9.17, 15) is 9.90 Å². The van der Waals surface area contributed by atoms with Gasteiger partial charge in [0.15, 0.2) is 0 Å². The largest absolute Gasteiger partial charge is 0.394 e. The Morgan fingerprint density at radius 2 is 1.95 bits per heavy atom. The number of aliphatic hydroxyl groups is 1. The SMILES string of the molecule is O=C(/C=C/c1ccccn1)NC(CO)c1ccccc1. The van der Waals surface area contributed by atoms with Crippen LogP contribution in [0.5, 0.6) is 0 Å². The molecule has 0 saturated heterocycles. The molecule has 0 aliphatic carbocycles. The molecule has 4 nitrogen and oxygen atoms in total. The van der Waals surface area contributed by atoms with Crippen LogP contribution in [-0.2, 0) is 4.79 Å². The molecule has 1 aromatic heterocycles. The van der Waals surface area contributed by atoms with Crippen LogP contribution in [0.15, 0.2) is 60.8 Å². The molecule has 0 aliphatic rings. The molecule has 0 bridgehead atoms. The van der Waals surface area contributed by atoms with Crippen LogP contribution in [0, 0.1) is 0 Å². The highest BCUT2D eigenvalue weighted by molar-refractivity contribution is 5.91. The third kappa shape index (κ3) is 4.03. The van der Waals surface area contributed by atoms with Gasteiger partial charge in [0.05, 0.1) is 18.3 Å². The average molecular weight is 268 g/mol. The van der Waals surface area contributed by atoms with E-state index in [1.807, 2.05) is 48.5 Å². The quantitative estimate of drug-likeness (QED) is 0.815. The smallest absolute Gasteiger partial charge is 0.244 e. The molecule has 20 heavy (non-hydrogen) atoms. The Morgan fingerprint density at radius 3 is 2.60 bits per heavy atom. The van der Waals surface area contributed by atoms with Gasteiger partial charge in [-0.3, -0.25) is 9.78 Å². The van der Waals surface area contributed by atoms with Crippen molar-refractivity contribution in [1.29, 1.82) is 0 Å². The number of pyridine rings is 1. The van der Waals surface area contributed by atoms with Gasteiger partial charge in [-0.05, 0) is 23.8 Å². The normalized spacial score (nSPS) is 12.2. The van der Waals surface area contributed by atoms with Gasteiger partial charge in [0.1, 0.15) is 0 Å². The summed E-state index contributed by atoms with van der Waals surface area (Å²) in [7, 11) is 0. The highest BCUT2D eigenvalue weighted by Crippen LogP contribution is 2.11. The summed E-state index contributed by atoms with van der Waals surface area (Å²) >= 11 is 0. The fraction of sp³-hybridized carbons (Fsp3) is 0.125. The minimum atomic E-state index is -0.405. The number of aromatic nitrogens is 1. The van der Waals surface area contributed by atoms with Gasteiger partial charge in [0, 0.05) is 12.3 Å². The second-order valence-electron chi connectivity index (χ2n) is 4.24. The zero-order chi connectivity index (χ0) is 14.2. The predicted molar refractivity (Wildman–Crippen MR) is 77.7 cm³/mol. The number of aliphatic hydroxyl groups excluding tert-OH is 1. The van der Waals surface area contributed by atoms with Crippen molar-refractivity contribution in [3.63, 3.8) is 0 Å². The maximum Gasteiger partial charge on any atom is 0.244 e. The van der Waals surface area contributed by atoms with Crippen LogP contribution >= 0.6 is 0 Å². The van der Waals surface area contributed by atoms with E-state index in [2.05, 4.69) is 10.3 Å². The molecular formula is C16H16N2O2. The van der Waals surface area contributed by atoms with E-state index in [0.717, 1.165) is 5.56 Å². The summed E-state index contributed by atoms with van der Waals surface area (Å²) in [6.45, 7) is -0.146. The molecule has 1 amide bonds. The molecule has 0 radical (unpaired) electrons. The van der Waals surface area contributed by atoms with E-state index >= 15 is 0 Å². The van der Waals surface area contributed by atoms with Gasteiger partial charge in [-0.1, -0.05) is 36.4 Å². The van der Waals surface area contributed by atoms with Crippen LogP contribution in [0.2, 0.25) is 0 Å². The van der Waals surface area contributed by atoms with Crippen molar-refractivity contribution in [1.82, 2.24) is 10.3 Å². The first-order chi connectivity index (χ1) is 9.79. The molecule has 0 spiro atoms. The molecule has 2 aromatic rings. The van der Waals surface area contributed by atoms with Crippen LogP contribution in [-0.4, -0.2) is 22.6 Å². The van der Waals surface area contributed by atoms with Crippen LogP contribution in [0.4, 0.5) is 0 Å². The zero-order valence-electron chi connectivity index (χ0n) is 10.9. The lowest BCUT2D eigenvalue weighted by atomic mass is 10.1. The summed E-state index contributed by atoms with van der Waals surface area (Å²) in [5, 5.41) is 12.1. The van der Waals surface area contributed by atoms with E-state index in [-0.39, 0.29) is 12.5 Å². The van der Waals surface area contributed by atoms with Crippen molar-refractivity contribution in [3.05, 3.63) is 72.1 Å². The molecule has 1 unspecified atom stereocenters. The monoisotopic (exact) mass is 268 g/mol. The zero-order valence-corrected chi connectivity index (χ0v) is 10.9. The number of benzene rings is 1. The molecule has 1 aromatic carbocycles. The van der Waals surface area contributed by atoms with Crippen molar-refractivity contribution >= 4 is 12.0 Å². The fourth-order valence-corrected chi connectivity index (χ4v) is 1.78. The number of carbonyl (C=O) groups is 1. The Hall–Kier alpha value is -2.46. The summed E-state index contributed by atoms with van der Waals surface area (Å²) in [6, 6.07) is 14.4. The lowest BCUT2D eigenvalue weighted by Gasteiger charge is -2.15. The number of hydrogen-bond acceptors (Lipinski definition) is 3. The fourth-order valence-electron chi connectivity index (χ4n) is 1.78. The maximum atomic E-state index is 11.8. The number of carbonyl (C=O) groups excluding carboxylic acids is 1. The Balaban J connectivity index is 1.98. The number of amides is 1. The second-order valence-corrected chi connectivity index (χ2v) is 4.24. The minimum absolute atomic E-state index is 0.146. The van der Waals surface area contributed by atoms with Crippen molar-refractivity contribution in [2.45, 2.75) is 6.04 Å². The van der Waals surface area contributed by atoms with E-state index < -0.39 is 6.04 Å². The summed E-state index contributed by atoms with van der Waals surface area (Å²) in [6.07, 6.45) is 4.71. The summed E-state index contributed by atoms with van der Waals surface area (Å²) < 4.78 is 0. The van der Waals surface area contributed by atoms with Crippen molar-refractivity contribution in [2.24, 2.45) is 0 Å². The van der Waals surface area contributed by atoms with Gasteiger partial charge in [0.2, 0.25) is 5.91 Å². The third-order valence-corrected chi connectivity index (χ3v) is 2.79. The molecule has 1 atom stereocenters.